The molecule has 1 heteroatoms. The van der Waals surface area contributed by atoms with Gasteiger partial charge in [-0.3, -0.25) is 0 Å². The predicted octanol–water partition coefficient (Wildman–Crippen LogP) is 4.37. The molecular formula is C15H31N. The molecule has 1 fully saturated rings. The summed E-state index contributed by atoms with van der Waals surface area (Å²) in [5.74, 6) is 1.99. The number of rotatable bonds is 7. The molecule has 1 nitrogen and oxygen atoms in total. The first kappa shape index (κ1) is 14.0. The second kappa shape index (κ2) is 9.04. The Balaban J connectivity index is 2.32. The molecule has 0 bridgehead atoms. The van der Waals surface area contributed by atoms with Gasteiger partial charge in [-0.2, -0.15) is 0 Å². The third kappa shape index (κ3) is 5.34. The summed E-state index contributed by atoms with van der Waals surface area (Å²) < 4.78 is 0. The number of unbranched alkanes of at least 4 members (excludes halogenated alkanes) is 2. The van der Waals surface area contributed by atoms with Gasteiger partial charge in [-0.05, 0) is 31.3 Å². The summed E-state index contributed by atoms with van der Waals surface area (Å²) in [6, 6.07) is 0. The molecule has 1 aliphatic rings. The Labute approximate surface area is 102 Å². The molecule has 0 radical (unpaired) electrons. The summed E-state index contributed by atoms with van der Waals surface area (Å²) in [5.41, 5.74) is 0. The Kier molecular flexibility index (Phi) is 7.92. The van der Waals surface area contributed by atoms with Crippen molar-refractivity contribution in [2.45, 2.75) is 71.6 Å². The minimum atomic E-state index is 0.972. The highest BCUT2D eigenvalue weighted by molar-refractivity contribution is 4.75. The maximum absolute atomic E-state index is 3.57. The minimum absolute atomic E-state index is 0.972. The van der Waals surface area contributed by atoms with E-state index in [1.165, 1.54) is 64.3 Å². The van der Waals surface area contributed by atoms with Crippen molar-refractivity contribution >= 4 is 0 Å². The quantitative estimate of drug-likeness (QED) is 0.501. The topological polar surface area (TPSA) is 12.0 Å². The summed E-state index contributed by atoms with van der Waals surface area (Å²) in [4.78, 5) is 0. The zero-order valence-electron chi connectivity index (χ0n) is 11.4. The van der Waals surface area contributed by atoms with E-state index in [-0.39, 0.29) is 0 Å². The van der Waals surface area contributed by atoms with Crippen molar-refractivity contribution < 1.29 is 0 Å². The fourth-order valence-corrected chi connectivity index (χ4v) is 3.10. The molecule has 0 spiro atoms. The summed E-state index contributed by atoms with van der Waals surface area (Å²) in [6.45, 7) is 6.94. The summed E-state index contributed by atoms with van der Waals surface area (Å²) in [7, 11) is 0. The molecule has 1 rings (SSSR count). The van der Waals surface area contributed by atoms with Crippen molar-refractivity contribution in [2.75, 3.05) is 13.1 Å². The van der Waals surface area contributed by atoms with Crippen LogP contribution in [0.2, 0.25) is 0 Å². The highest BCUT2D eigenvalue weighted by Gasteiger charge is 2.22. The van der Waals surface area contributed by atoms with Gasteiger partial charge in [0.05, 0.1) is 0 Å². The van der Waals surface area contributed by atoms with Crippen LogP contribution < -0.4 is 5.32 Å². The Hall–Kier alpha value is -0.0400. The molecule has 16 heavy (non-hydrogen) atoms. The lowest BCUT2D eigenvalue weighted by Crippen LogP contribution is -2.27. The fourth-order valence-electron chi connectivity index (χ4n) is 3.10. The smallest absolute Gasteiger partial charge is 0.00180 e. The van der Waals surface area contributed by atoms with Gasteiger partial charge in [0.2, 0.25) is 0 Å². The van der Waals surface area contributed by atoms with Crippen molar-refractivity contribution in [3.8, 4) is 0 Å². The zero-order chi connectivity index (χ0) is 11.6. The van der Waals surface area contributed by atoms with E-state index in [1.54, 1.807) is 0 Å². The summed E-state index contributed by atoms with van der Waals surface area (Å²) in [5, 5.41) is 3.57. The van der Waals surface area contributed by atoms with Crippen LogP contribution in [0.15, 0.2) is 0 Å². The SMILES string of the molecule is CCCCCC1CCCCCC1CNCC. The average Bonchev–Trinajstić information content (AvgIpc) is 2.52. The highest BCUT2D eigenvalue weighted by atomic mass is 14.8. The van der Waals surface area contributed by atoms with Gasteiger partial charge in [0.1, 0.15) is 0 Å². The first-order valence-corrected chi connectivity index (χ1v) is 7.59. The molecule has 0 aromatic rings. The monoisotopic (exact) mass is 225 g/mol. The van der Waals surface area contributed by atoms with Crippen LogP contribution >= 0.6 is 0 Å². The van der Waals surface area contributed by atoms with E-state index < -0.39 is 0 Å². The Bertz CT molecular complexity index is 156. The fraction of sp³-hybridized carbons (Fsp3) is 1.00. The molecule has 0 aromatic carbocycles. The Morgan fingerprint density at radius 1 is 0.938 bits per heavy atom. The van der Waals surface area contributed by atoms with Crippen molar-refractivity contribution in [1.82, 2.24) is 5.32 Å². The van der Waals surface area contributed by atoms with Gasteiger partial charge in [-0.15, -0.1) is 0 Å². The van der Waals surface area contributed by atoms with Crippen molar-refractivity contribution in [3.63, 3.8) is 0 Å². The second-order valence-electron chi connectivity index (χ2n) is 5.46. The van der Waals surface area contributed by atoms with Gasteiger partial charge in [-0.25, -0.2) is 0 Å². The van der Waals surface area contributed by atoms with E-state index in [0.717, 1.165) is 18.4 Å². The molecule has 0 amide bonds. The van der Waals surface area contributed by atoms with Crippen LogP contribution in [0.4, 0.5) is 0 Å². The maximum atomic E-state index is 3.57. The van der Waals surface area contributed by atoms with Crippen LogP contribution in [0, 0.1) is 11.8 Å². The van der Waals surface area contributed by atoms with Gasteiger partial charge in [0, 0.05) is 0 Å². The maximum Gasteiger partial charge on any atom is -0.00180 e. The minimum Gasteiger partial charge on any atom is -0.317 e. The molecule has 96 valence electrons. The molecule has 1 N–H and O–H groups in total. The molecule has 1 saturated carbocycles. The van der Waals surface area contributed by atoms with Gasteiger partial charge < -0.3 is 5.32 Å². The van der Waals surface area contributed by atoms with Crippen LogP contribution in [0.5, 0.6) is 0 Å². The van der Waals surface area contributed by atoms with E-state index in [0.29, 0.717) is 0 Å². The van der Waals surface area contributed by atoms with E-state index in [4.69, 9.17) is 0 Å². The number of hydrogen-bond acceptors (Lipinski definition) is 1. The van der Waals surface area contributed by atoms with E-state index in [9.17, 15) is 0 Å². The normalized spacial score (nSPS) is 26.6. The number of hydrogen-bond donors (Lipinski definition) is 1. The third-order valence-electron chi connectivity index (χ3n) is 4.15. The van der Waals surface area contributed by atoms with Crippen LogP contribution in [0.3, 0.4) is 0 Å². The molecule has 2 atom stereocenters. The van der Waals surface area contributed by atoms with E-state index in [1.807, 2.05) is 0 Å². The van der Waals surface area contributed by atoms with Crippen molar-refractivity contribution in [1.29, 1.82) is 0 Å². The first-order chi connectivity index (χ1) is 7.88. The van der Waals surface area contributed by atoms with Crippen molar-refractivity contribution in [3.05, 3.63) is 0 Å². The number of nitrogens with one attached hydrogen (secondary N) is 1. The van der Waals surface area contributed by atoms with Gasteiger partial charge in [0.25, 0.3) is 0 Å². The molecule has 2 unspecified atom stereocenters. The Morgan fingerprint density at radius 3 is 2.38 bits per heavy atom. The van der Waals surface area contributed by atoms with Crippen molar-refractivity contribution in [2.24, 2.45) is 11.8 Å². The van der Waals surface area contributed by atoms with Gasteiger partial charge in [0.15, 0.2) is 0 Å². The predicted molar refractivity (Wildman–Crippen MR) is 72.8 cm³/mol. The molecule has 1 aliphatic carbocycles. The third-order valence-corrected chi connectivity index (χ3v) is 4.15. The average molecular weight is 225 g/mol. The summed E-state index contributed by atoms with van der Waals surface area (Å²) >= 11 is 0. The largest absolute Gasteiger partial charge is 0.317 e. The molecule has 0 saturated heterocycles. The van der Waals surface area contributed by atoms with Crippen LogP contribution in [-0.2, 0) is 0 Å². The lowest BCUT2D eigenvalue weighted by atomic mass is 9.84. The van der Waals surface area contributed by atoms with Gasteiger partial charge >= 0.3 is 0 Å². The first-order valence-electron chi connectivity index (χ1n) is 7.59. The lowest BCUT2D eigenvalue weighted by molar-refractivity contribution is 0.278. The molecule has 0 heterocycles. The highest BCUT2D eigenvalue weighted by Crippen LogP contribution is 2.32. The van der Waals surface area contributed by atoms with Crippen LogP contribution in [0.25, 0.3) is 0 Å². The van der Waals surface area contributed by atoms with Crippen LogP contribution in [0.1, 0.15) is 71.6 Å². The molecular weight excluding hydrogens is 194 g/mol. The standard InChI is InChI=1S/C15H31N/c1-3-5-7-10-14-11-8-6-9-12-15(14)13-16-4-2/h14-16H,3-13H2,1-2H3. The second-order valence-corrected chi connectivity index (χ2v) is 5.46. The summed E-state index contributed by atoms with van der Waals surface area (Å²) in [6.07, 6.45) is 13.2. The Morgan fingerprint density at radius 2 is 1.69 bits per heavy atom. The van der Waals surface area contributed by atoms with E-state index >= 15 is 0 Å². The van der Waals surface area contributed by atoms with E-state index in [2.05, 4.69) is 19.2 Å². The van der Waals surface area contributed by atoms with Crippen LogP contribution in [-0.4, -0.2) is 13.1 Å². The molecule has 0 aliphatic heterocycles. The molecule has 0 aromatic heterocycles. The van der Waals surface area contributed by atoms with Gasteiger partial charge in [-0.1, -0.05) is 65.2 Å². The lowest BCUT2D eigenvalue weighted by Gasteiger charge is -2.25. The zero-order valence-corrected chi connectivity index (χ0v) is 11.4.